The normalized spacial score (nSPS) is 11.8. The van der Waals surface area contributed by atoms with Crippen molar-refractivity contribution in [1.29, 1.82) is 0 Å². The zero-order valence-corrected chi connectivity index (χ0v) is 13.2. The largest absolute Gasteiger partial charge is 0.396 e. The Morgan fingerprint density at radius 3 is 2.37 bits per heavy atom. The van der Waals surface area contributed by atoms with Crippen molar-refractivity contribution in [1.82, 2.24) is 5.32 Å². The molecule has 0 bridgehead atoms. The number of nitrogens with one attached hydrogen (secondary N) is 1. The van der Waals surface area contributed by atoms with Gasteiger partial charge in [-0.3, -0.25) is 0 Å². The summed E-state index contributed by atoms with van der Waals surface area (Å²) in [6, 6.07) is 8.89. The minimum atomic E-state index is 0.231. The van der Waals surface area contributed by atoms with Crippen molar-refractivity contribution in [2.24, 2.45) is 0 Å². The molecule has 2 nitrogen and oxygen atoms in total. The van der Waals surface area contributed by atoms with Gasteiger partial charge in [0.2, 0.25) is 0 Å². The molecule has 0 spiro atoms. The van der Waals surface area contributed by atoms with Gasteiger partial charge in [0.15, 0.2) is 0 Å². The standard InChI is InChI=1S/C16H27NOS/c1-16(2,3)15-7-5-14(6-8-15)13-17-9-12-19-11-4-10-18/h5-8,17-18H,4,9-13H2,1-3H3. The first-order valence-electron chi connectivity index (χ1n) is 7.03. The first kappa shape index (κ1) is 16.5. The third-order valence-corrected chi connectivity index (χ3v) is 4.09. The van der Waals surface area contributed by atoms with E-state index >= 15 is 0 Å². The second-order valence-electron chi connectivity index (χ2n) is 5.81. The number of hydrogen-bond donors (Lipinski definition) is 2. The first-order chi connectivity index (χ1) is 9.04. The van der Waals surface area contributed by atoms with E-state index in [1.807, 2.05) is 11.8 Å². The Labute approximate surface area is 122 Å². The molecular weight excluding hydrogens is 254 g/mol. The van der Waals surface area contributed by atoms with Crippen molar-refractivity contribution >= 4 is 11.8 Å². The average Bonchev–Trinajstić information content (AvgIpc) is 2.37. The van der Waals surface area contributed by atoms with Gasteiger partial charge < -0.3 is 10.4 Å². The summed E-state index contributed by atoms with van der Waals surface area (Å²) >= 11 is 1.90. The Morgan fingerprint density at radius 1 is 1.11 bits per heavy atom. The zero-order chi connectivity index (χ0) is 14.1. The summed E-state index contributed by atoms with van der Waals surface area (Å²) in [5.74, 6) is 2.17. The van der Waals surface area contributed by atoms with Gasteiger partial charge in [0.05, 0.1) is 0 Å². The van der Waals surface area contributed by atoms with Crippen LogP contribution in [0.25, 0.3) is 0 Å². The maximum absolute atomic E-state index is 8.67. The van der Waals surface area contributed by atoms with Crippen LogP contribution in [-0.4, -0.2) is 29.8 Å². The van der Waals surface area contributed by atoms with E-state index < -0.39 is 0 Å². The van der Waals surface area contributed by atoms with Crippen LogP contribution in [0.15, 0.2) is 24.3 Å². The van der Waals surface area contributed by atoms with Crippen LogP contribution in [0.2, 0.25) is 0 Å². The molecule has 0 unspecified atom stereocenters. The second kappa shape index (κ2) is 8.62. The topological polar surface area (TPSA) is 32.3 Å². The van der Waals surface area contributed by atoms with Gasteiger partial charge >= 0.3 is 0 Å². The SMILES string of the molecule is CC(C)(C)c1ccc(CNCCSCCCO)cc1. The highest BCUT2D eigenvalue weighted by molar-refractivity contribution is 7.99. The maximum Gasteiger partial charge on any atom is 0.0438 e. The third kappa shape index (κ3) is 7.00. The lowest BCUT2D eigenvalue weighted by Crippen LogP contribution is -2.17. The lowest BCUT2D eigenvalue weighted by molar-refractivity contribution is 0.296. The van der Waals surface area contributed by atoms with Crippen LogP contribution in [0.1, 0.15) is 38.3 Å². The summed E-state index contributed by atoms with van der Waals surface area (Å²) in [5, 5.41) is 12.1. The van der Waals surface area contributed by atoms with Gasteiger partial charge in [0.25, 0.3) is 0 Å². The average molecular weight is 281 g/mol. The molecule has 3 heteroatoms. The van der Waals surface area contributed by atoms with Crippen LogP contribution in [0, 0.1) is 0 Å². The summed E-state index contributed by atoms with van der Waals surface area (Å²) in [4.78, 5) is 0. The fourth-order valence-corrected chi connectivity index (χ4v) is 2.59. The van der Waals surface area contributed by atoms with Crippen LogP contribution >= 0.6 is 11.8 Å². The Morgan fingerprint density at radius 2 is 1.79 bits per heavy atom. The highest BCUT2D eigenvalue weighted by Gasteiger charge is 2.12. The van der Waals surface area contributed by atoms with Gasteiger partial charge in [-0.1, -0.05) is 45.0 Å². The van der Waals surface area contributed by atoms with Crippen molar-refractivity contribution in [3.63, 3.8) is 0 Å². The van der Waals surface area contributed by atoms with Gasteiger partial charge in [0.1, 0.15) is 0 Å². The Bertz CT molecular complexity index is 343. The van der Waals surface area contributed by atoms with Gasteiger partial charge in [-0.05, 0) is 28.7 Å². The van der Waals surface area contributed by atoms with Gasteiger partial charge in [-0.15, -0.1) is 0 Å². The molecule has 0 atom stereocenters. The summed E-state index contributed by atoms with van der Waals surface area (Å²) in [6.45, 7) is 8.99. The number of thioether (sulfide) groups is 1. The number of aliphatic hydroxyl groups is 1. The molecule has 108 valence electrons. The van der Waals surface area contributed by atoms with Crippen LogP contribution in [0.5, 0.6) is 0 Å². The lowest BCUT2D eigenvalue weighted by atomic mass is 9.87. The molecule has 0 radical (unpaired) electrons. The molecule has 0 heterocycles. The van der Waals surface area contributed by atoms with Crippen molar-refractivity contribution < 1.29 is 5.11 Å². The predicted molar refractivity (Wildman–Crippen MR) is 85.9 cm³/mol. The maximum atomic E-state index is 8.67. The van der Waals surface area contributed by atoms with Crippen molar-refractivity contribution in [3.05, 3.63) is 35.4 Å². The smallest absolute Gasteiger partial charge is 0.0438 e. The van der Waals surface area contributed by atoms with E-state index in [2.05, 4.69) is 50.4 Å². The molecule has 0 aliphatic heterocycles. The Hall–Kier alpha value is -0.510. The van der Waals surface area contributed by atoms with E-state index in [4.69, 9.17) is 5.11 Å². The number of hydrogen-bond acceptors (Lipinski definition) is 3. The molecule has 0 amide bonds. The van der Waals surface area contributed by atoms with E-state index in [1.54, 1.807) is 0 Å². The van der Waals surface area contributed by atoms with E-state index in [1.165, 1.54) is 11.1 Å². The summed E-state index contributed by atoms with van der Waals surface area (Å²) < 4.78 is 0. The van der Waals surface area contributed by atoms with Gasteiger partial charge in [-0.2, -0.15) is 11.8 Å². The highest BCUT2D eigenvalue weighted by Crippen LogP contribution is 2.22. The molecule has 0 aliphatic rings. The van der Waals surface area contributed by atoms with Crippen LogP contribution in [0.3, 0.4) is 0 Å². The number of rotatable bonds is 8. The molecule has 0 fully saturated rings. The van der Waals surface area contributed by atoms with Crippen molar-refractivity contribution in [2.45, 2.75) is 39.2 Å². The summed E-state index contributed by atoms with van der Waals surface area (Å²) in [5.41, 5.74) is 2.96. The van der Waals surface area contributed by atoms with E-state index in [-0.39, 0.29) is 5.41 Å². The highest BCUT2D eigenvalue weighted by atomic mass is 32.2. The molecule has 1 aromatic carbocycles. The van der Waals surface area contributed by atoms with E-state index in [0.717, 1.165) is 31.0 Å². The molecule has 0 saturated carbocycles. The second-order valence-corrected chi connectivity index (χ2v) is 7.04. The summed E-state index contributed by atoms with van der Waals surface area (Å²) in [7, 11) is 0. The monoisotopic (exact) mass is 281 g/mol. The third-order valence-electron chi connectivity index (χ3n) is 3.02. The van der Waals surface area contributed by atoms with Crippen LogP contribution in [-0.2, 0) is 12.0 Å². The van der Waals surface area contributed by atoms with Crippen LogP contribution in [0.4, 0.5) is 0 Å². The Kier molecular flexibility index (Phi) is 7.51. The van der Waals surface area contributed by atoms with Gasteiger partial charge in [0, 0.05) is 25.4 Å². The molecule has 0 saturated heterocycles. The summed E-state index contributed by atoms with van der Waals surface area (Å²) in [6.07, 6.45) is 0.902. The molecular formula is C16H27NOS. The molecule has 2 N–H and O–H groups in total. The number of aliphatic hydroxyl groups excluding tert-OH is 1. The quantitative estimate of drug-likeness (QED) is 0.718. The zero-order valence-electron chi connectivity index (χ0n) is 12.4. The van der Waals surface area contributed by atoms with E-state index in [0.29, 0.717) is 6.61 Å². The lowest BCUT2D eigenvalue weighted by Gasteiger charge is -2.19. The van der Waals surface area contributed by atoms with Gasteiger partial charge in [-0.25, -0.2) is 0 Å². The Balaban J connectivity index is 2.20. The molecule has 1 rings (SSSR count). The van der Waals surface area contributed by atoms with Crippen LogP contribution < -0.4 is 5.32 Å². The van der Waals surface area contributed by atoms with E-state index in [9.17, 15) is 0 Å². The molecule has 1 aromatic rings. The predicted octanol–water partition coefficient (Wildman–Crippen LogP) is 3.19. The molecule has 0 aromatic heterocycles. The van der Waals surface area contributed by atoms with Crippen molar-refractivity contribution in [2.75, 3.05) is 24.7 Å². The van der Waals surface area contributed by atoms with Crippen molar-refractivity contribution in [3.8, 4) is 0 Å². The minimum absolute atomic E-state index is 0.231. The first-order valence-corrected chi connectivity index (χ1v) is 8.18. The molecule has 19 heavy (non-hydrogen) atoms. The fraction of sp³-hybridized carbons (Fsp3) is 0.625. The minimum Gasteiger partial charge on any atom is -0.396 e. The fourth-order valence-electron chi connectivity index (χ4n) is 1.77. The molecule has 0 aliphatic carbocycles. The number of benzene rings is 1.